The Morgan fingerprint density at radius 2 is 1.95 bits per heavy atom. The number of piperidine rings is 1. The maximum absolute atomic E-state index is 12.7. The average molecular weight is 351 g/mol. The lowest BCUT2D eigenvalue weighted by Crippen LogP contribution is -2.51. The van der Waals surface area contributed by atoms with Crippen LogP contribution in [0.3, 0.4) is 0 Å². The number of hydrogen-bond donors (Lipinski definition) is 2. The van der Waals surface area contributed by atoms with Crippen LogP contribution < -0.4 is 10.6 Å². The highest BCUT2D eigenvalue weighted by Gasteiger charge is 2.37. The van der Waals surface area contributed by atoms with Gasteiger partial charge in [0.1, 0.15) is 0 Å². The van der Waals surface area contributed by atoms with Crippen molar-refractivity contribution in [1.82, 2.24) is 10.6 Å². The zero-order valence-electron chi connectivity index (χ0n) is 12.7. The van der Waals surface area contributed by atoms with Gasteiger partial charge in [0.15, 0.2) is 0 Å². The molecule has 3 nitrogen and oxygen atoms in total. The van der Waals surface area contributed by atoms with Crippen molar-refractivity contribution in [2.75, 3.05) is 0 Å². The molecule has 0 saturated carbocycles. The summed E-state index contributed by atoms with van der Waals surface area (Å²) < 4.78 is 1.01. The Hall–Kier alpha value is -0.870. The SMILES string of the molecule is CC(C)(C(=O)NC1CC2CCC(C1)N2)c1cccc(Br)c1. The Bertz CT molecular complexity index is 531. The van der Waals surface area contributed by atoms with Crippen molar-refractivity contribution in [3.8, 4) is 0 Å². The molecule has 2 heterocycles. The third-order valence-corrected chi connectivity index (χ3v) is 5.42. The van der Waals surface area contributed by atoms with Crippen molar-refractivity contribution in [2.45, 2.75) is 63.1 Å². The predicted molar refractivity (Wildman–Crippen MR) is 88.3 cm³/mol. The summed E-state index contributed by atoms with van der Waals surface area (Å²) in [6.45, 7) is 4.00. The number of hydrogen-bond acceptors (Lipinski definition) is 2. The molecule has 0 radical (unpaired) electrons. The molecule has 2 aliphatic heterocycles. The van der Waals surface area contributed by atoms with Crippen LogP contribution in [0.4, 0.5) is 0 Å². The van der Waals surface area contributed by atoms with Gasteiger partial charge in [0.2, 0.25) is 5.91 Å². The van der Waals surface area contributed by atoms with Gasteiger partial charge in [-0.2, -0.15) is 0 Å². The molecule has 2 bridgehead atoms. The minimum absolute atomic E-state index is 0.131. The van der Waals surface area contributed by atoms with E-state index in [0.29, 0.717) is 18.1 Å². The summed E-state index contributed by atoms with van der Waals surface area (Å²) in [6, 6.07) is 9.55. The smallest absolute Gasteiger partial charge is 0.230 e. The number of carbonyl (C=O) groups is 1. The van der Waals surface area contributed by atoms with E-state index in [1.165, 1.54) is 12.8 Å². The molecule has 0 aromatic heterocycles. The Labute approximate surface area is 135 Å². The Balaban J connectivity index is 1.69. The second kappa shape index (κ2) is 5.73. The van der Waals surface area contributed by atoms with Crippen LogP contribution in [0.1, 0.15) is 45.1 Å². The maximum Gasteiger partial charge on any atom is 0.230 e. The minimum atomic E-state index is -0.506. The first kappa shape index (κ1) is 15.0. The summed E-state index contributed by atoms with van der Waals surface area (Å²) in [5, 5.41) is 6.90. The molecule has 1 amide bonds. The van der Waals surface area contributed by atoms with Crippen LogP contribution in [0.2, 0.25) is 0 Å². The number of rotatable bonds is 3. The normalized spacial score (nSPS) is 28.4. The first-order chi connectivity index (χ1) is 9.95. The van der Waals surface area contributed by atoms with Crippen molar-refractivity contribution in [3.63, 3.8) is 0 Å². The fourth-order valence-corrected chi connectivity index (χ4v) is 3.95. The van der Waals surface area contributed by atoms with Crippen LogP contribution in [-0.2, 0) is 10.2 Å². The standard InChI is InChI=1S/C17H23BrN2O/c1-17(2,11-4-3-5-12(18)8-11)16(21)20-15-9-13-6-7-14(10-15)19-13/h3-5,8,13-15,19H,6-7,9-10H2,1-2H3,(H,20,21). The Morgan fingerprint density at radius 1 is 1.29 bits per heavy atom. The molecule has 2 fully saturated rings. The lowest BCUT2D eigenvalue weighted by molar-refractivity contribution is -0.126. The highest BCUT2D eigenvalue weighted by atomic mass is 79.9. The molecular weight excluding hydrogens is 328 g/mol. The molecule has 114 valence electrons. The van der Waals surface area contributed by atoms with E-state index >= 15 is 0 Å². The first-order valence-corrected chi connectivity index (χ1v) is 8.57. The van der Waals surface area contributed by atoms with Gasteiger partial charge in [0.25, 0.3) is 0 Å². The Morgan fingerprint density at radius 3 is 2.57 bits per heavy atom. The van der Waals surface area contributed by atoms with E-state index in [2.05, 4.69) is 26.6 Å². The number of nitrogens with one attached hydrogen (secondary N) is 2. The predicted octanol–water partition coefficient (Wildman–Crippen LogP) is 3.13. The van der Waals surface area contributed by atoms with E-state index in [4.69, 9.17) is 0 Å². The number of halogens is 1. The molecular formula is C17H23BrN2O. The van der Waals surface area contributed by atoms with E-state index in [9.17, 15) is 4.79 Å². The van der Waals surface area contributed by atoms with E-state index < -0.39 is 5.41 Å². The number of benzene rings is 1. The first-order valence-electron chi connectivity index (χ1n) is 7.78. The van der Waals surface area contributed by atoms with Gasteiger partial charge < -0.3 is 10.6 Å². The summed E-state index contributed by atoms with van der Waals surface area (Å²) in [5.74, 6) is 0.131. The Kier molecular flexibility index (Phi) is 4.10. The topological polar surface area (TPSA) is 41.1 Å². The number of amides is 1. The van der Waals surface area contributed by atoms with E-state index in [-0.39, 0.29) is 5.91 Å². The monoisotopic (exact) mass is 350 g/mol. The van der Waals surface area contributed by atoms with Crippen LogP contribution in [0.25, 0.3) is 0 Å². The van der Waals surface area contributed by atoms with Gasteiger partial charge >= 0.3 is 0 Å². The largest absolute Gasteiger partial charge is 0.352 e. The third kappa shape index (κ3) is 3.16. The lowest BCUT2D eigenvalue weighted by atomic mass is 9.83. The molecule has 21 heavy (non-hydrogen) atoms. The molecule has 0 spiro atoms. The summed E-state index contributed by atoms with van der Waals surface area (Å²) in [6.07, 6.45) is 4.64. The van der Waals surface area contributed by atoms with Gasteiger partial charge in [0.05, 0.1) is 5.41 Å². The molecule has 2 unspecified atom stereocenters. The second-order valence-electron chi connectivity index (χ2n) is 6.92. The van der Waals surface area contributed by atoms with Gasteiger partial charge in [-0.25, -0.2) is 0 Å². The number of fused-ring (bicyclic) bond motifs is 2. The highest BCUT2D eigenvalue weighted by molar-refractivity contribution is 9.10. The van der Waals surface area contributed by atoms with E-state index in [0.717, 1.165) is 22.9 Å². The van der Waals surface area contributed by atoms with Crippen LogP contribution in [0, 0.1) is 0 Å². The maximum atomic E-state index is 12.7. The fourth-order valence-electron chi connectivity index (χ4n) is 3.55. The van der Waals surface area contributed by atoms with Crippen molar-refractivity contribution < 1.29 is 4.79 Å². The molecule has 4 heteroatoms. The van der Waals surface area contributed by atoms with Crippen molar-refractivity contribution >= 4 is 21.8 Å². The van der Waals surface area contributed by atoms with Crippen molar-refractivity contribution in [2.24, 2.45) is 0 Å². The molecule has 2 saturated heterocycles. The van der Waals surface area contributed by atoms with Crippen LogP contribution in [0.15, 0.2) is 28.7 Å². The third-order valence-electron chi connectivity index (χ3n) is 4.92. The second-order valence-corrected chi connectivity index (χ2v) is 7.83. The molecule has 1 aromatic carbocycles. The van der Waals surface area contributed by atoms with E-state index in [1.54, 1.807) is 0 Å². The van der Waals surface area contributed by atoms with Crippen LogP contribution >= 0.6 is 15.9 Å². The molecule has 2 N–H and O–H groups in total. The van der Waals surface area contributed by atoms with Gasteiger partial charge in [-0.3, -0.25) is 4.79 Å². The van der Waals surface area contributed by atoms with Gasteiger partial charge in [-0.15, -0.1) is 0 Å². The van der Waals surface area contributed by atoms with Crippen LogP contribution in [0.5, 0.6) is 0 Å². The van der Waals surface area contributed by atoms with E-state index in [1.807, 2.05) is 38.1 Å². The van der Waals surface area contributed by atoms with Gasteiger partial charge in [-0.1, -0.05) is 28.1 Å². The molecule has 1 aromatic rings. The summed E-state index contributed by atoms with van der Waals surface area (Å²) in [5.41, 5.74) is 0.541. The molecule has 2 atom stereocenters. The minimum Gasteiger partial charge on any atom is -0.352 e. The zero-order valence-corrected chi connectivity index (χ0v) is 14.2. The van der Waals surface area contributed by atoms with Crippen molar-refractivity contribution in [3.05, 3.63) is 34.3 Å². The van der Waals surface area contributed by atoms with Crippen molar-refractivity contribution in [1.29, 1.82) is 0 Å². The van der Waals surface area contributed by atoms with Gasteiger partial charge in [0, 0.05) is 22.6 Å². The fraction of sp³-hybridized carbons (Fsp3) is 0.588. The molecule has 0 aliphatic carbocycles. The quantitative estimate of drug-likeness (QED) is 0.879. The zero-order chi connectivity index (χ0) is 15.0. The van der Waals surface area contributed by atoms with Gasteiger partial charge in [-0.05, 0) is 57.2 Å². The average Bonchev–Trinajstić information content (AvgIpc) is 2.78. The molecule has 2 aliphatic rings. The molecule has 3 rings (SSSR count). The summed E-state index contributed by atoms with van der Waals surface area (Å²) in [7, 11) is 0. The lowest BCUT2D eigenvalue weighted by Gasteiger charge is -2.33. The van der Waals surface area contributed by atoms with Crippen LogP contribution in [-0.4, -0.2) is 24.0 Å². The summed E-state index contributed by atoms with van der Waals surface area (Å²) >= 11 is 3.49. The summed E-state index contributed by atoms with van der Waals surface area (Å²) in [4.78, 5) is 12.7. The number of carbonyl (C=O) groups excluding carboxylic acids is 1. The highest BCUT2D eigenvalue weighted by Crippen LogP contribution is 2.29.